The predicted molar refractivity (Wildman–Crippen MR) is 67.9 cm³/mol. The Hall–Kier alpha value is -0.670. The lowest BCUT2D eigenvalue weighted by molar-refractivity contribution is -0.122. The summed E-state index contributed by atoms with van der Waals surface area (Å²) in [4.78, 5) is 13.7. The lowest BCUT2D eigenvalue weighted by atomic mass is 9.93. The number of nitrogens with zero attached hydrogens (tertiary/aromatic N) is 1. The minimum Gasteiger partial charge on any atom is -0.303 e. The zero-order valence-electron chi connectivity index (χ0n) is 9.82. The first kappa shape index (κ1) is 11.8. The smallest absolute Gasteiger partial charge is 0.133 e. The monoisotopic (exact) mass is 237 g/mol. The summed E-state index contributed by atoms with van der Waals surface area (Å²) in [5.41, 5.74) is 1.44. The van der Waals surface area contributed by atoms with Crippen molar-refractivity contribution in [2.75, 3.05) is 19.6 Å². The molecule has 1 aromatic heterocycles. The number of hydrogen-bond donors (Lipinski definition) is 0. The molecule has 1 aliphatic rings. The molecule has 2 rings (SSSR count). The Morgan fingerprint density at radius 3 is 2.81 bits per heavy atom. The molecule has 0 aromatic carbocycles. The van der Waals surface area contributed by atoms with Crippen LogP contribution in [-0.2, 0) is 11.2 Å². The fourth-order valence-electron chi connectivity index (χ4n) is 2.29. The summed E-state index contributed by atoms with van der Waals surface area (Å²) in [6.45, 7) is 5.05. The zero-order chi connectivity index (χ0) is 11.4. The highest BCUT2D eigenvalue weighted by Gasteiger charge is 2.21. The summed E-state index contributed by atoms with van der Waals surface area (Å²) in [6.07, 6.45) is 3.26. The Morgan fingerprint density at radius 1 is 1.50 bits per heavy atom. The molecular weight excluding hydrogens is 218 g/mol. The van der Waals surface area contributed by atoms with Gasteiger partial charge in [-0.15, -0.1) is 0 Å². The van der Waals surface area contributed by atoms with E-state index in [0.29, 0.717) is 11.7 Å². The van der Waals surface area contributed by atoms with Gasteiger partial charge in [-0.2, -0.15) is 11.3 Å². The number of piperidine rings is 1. The molecular formula is C13H19NOS. The molecule has 0 atom stereocenters. The third kappa shape index (κ3) is 3.16. The summed E-state index contributed by atoms with van der Waals surface area (Å²) >= 11 is 1.77. The Kier molecular flexibility index (Phi) is 4.13. The average molecular weight is 237 g/mol. The molecule has 3 heteroatoms. The number of carbonyl (C=O) groups excluding carboxylic acids is 1. The molecule has 0 N–H and O–H groups in total. The number of rotatable bonds is 4. The maximum absolute atomic E-state index is 11.2. The van der Waals surface area contributed by atoms with Gasteiger partial charge in [0, 0.05) is 12.5 Å². The second-order valence-corrected chi connectivity index (χ2v) is 5.39. The minimum atomic E-state index is 0.331. The quantitative estimate of drug-likeness (QED) is 0.802. The predicted octanol–water partition coefficient (Wildman–Crippen LogP) is 2.59. The second kappa shape index (κ2) is 5.60. The Bertz CT molecular complexity index is 326. The van der Waals surface area contributed by atoms with Gasteiger partial charge in [0.1, 0.15) is 5.78 Å². The summed E-state index contributed by atoms with van der Waals surface area (Å²) in [5, 5.41) is 4.36. The number of thiophene rings is 1. The van der Waals surface area contributed by atoms with Gasteiger partial charge in [-0.1, -0.05) is 0 Å². The molecule has 88 valence electrons. The Balaban J connectivity index is 1.71. The van der Waals surface area contributed by atoms with Gasteiger partial charge in [-0.25, -0.2) is 0 Å². The summed E-state index contributed by atoms with van der Waals surface area (Å²) in [5.74, 6) is 0.704. The summed E-state index contributed by atoms with van der Waals surface area (Å²) < 4.78 is 0. The van der Waals surface area contributed by atoms with Gasteiger partial charge >= 0.3 is 0 Å². The van der Waals surface area contributed by atoms with E-state index in [2.05, 4.69) is 21.7 Å². The van der Waals surface area contributed by atoms with E-state index in [9.17, 15) is 4.79 Å². The summed E-state index contributed by atoms with van der Waals surface area (Å²) in [7, 11) is 0. The SMILES string of the molecule is CC(=O)C1CCN(CCc2ccsc2)CC1. The van der Waals surface area contributed by atoms with Crippen LogP contribution < -0.4 is 0 Å². The zero-order valence-corrected chi connectivity index (χ0v) is 10.6. The van der Waals surface area contributed by atoms with E-state index >= 15 is 0 Å². The van der Waals surface area contributed by atoms with Crippen molar-refractivity contribution in [1.29, 1.82) is 0 Å². The van der Waals surface area contributed by atoms with Crippen LogP contribution in [0, 0.1) is 5.92 Å². The molecule has 16 heavy (non-hydrogen) atoms. The van der Waals surface area contributed by atoms with Crippen molar-refractivity contribution in [3.05, 3.63) is 22.4 Å². The molecule has 2 heterocycles. The molecule has 2 nitrogen and oxygen atoms in total. The van der Waals surface area contributed by atoms with Gasteiger partial charge in [0.25, 0.3) is 0 Å². The van der Waals surface area contributed by atoms with E-state index < -0.39 is 0 Å². The fraction of sp³-hybridized carbons (Fsp3) is 0.615. The number of hydrogen-bond acceptors (Lipinski definition) is 3. The van der Waals surface area contributed by atoms with Crippen LogP contribution in [0.15, 0.2) is 16.8 Å². The molecule has 0 bridgehead atoms. The molecule has 0 radical (unpaired) electrons. The largest absolute Gasteiger partial charge is 0.303 e. The van der Waals surface area contributed by atoms with Crippen LogP contribution in [0.1, 0.15) is 25.3 Å². The molecule has 1 fully saturated rings. The standard InChI is InChI=1S/C13H19NOS/c1-11(15)13-3-7-14(8-4-13)6-2-12-5-9-16-10-12/h5,9-10,13H,2-4,6-8H2,1H3. The van der Waals surface area contributed by atoms with Crippen molar-refractivity contribution >= 4 is 17.1 Å². The van der Waals surface area contributed by atoms with E-state index in [0.717, 1.165) is 38.9 Å². The van der Waals surface area contributed by atoms with E-state index in [-0.39, 0.29) is 0 Å². The first-order valence-corrected chi connectivity index (χ1v) is 6.94. The highest BCUT2D eigenvalue weighted by Crippen LogP contribution is 2.18. The second-order valence-electron chi connectivity index (χ2n) is 4.61. The maximum atomic E-state index is 11.2. The van der Waals surface area contributed by atoms with Crippen molar-refractivity contribution < 1.29 is 4.79 Å². The first-order chi connectivity index (χ1) is 7.75. The molecule has 0 spiro atoms. The number of Topliss-reactive ketones (excluding diaryl/α,β-unsaturated/α-hetero) is 1. The van der Waals surface area contributed by atoms with Gasteiger partial charge in [0.2, 0.25) is 0 Å². The van der Waals surface area contributed by atoms with E-state index in [1.165, 1.54) is 5.56 Å². The number of ketones is 1. The van der Waals surface area contributed by atoms with Crippen LogP contribution >= 0.6 is 11.3 Å². The highest BCUT2D eigenvalue weighted by molar-refractivity contribution is 7.07. The van der Waals surface area contributed by atoms with Gasteiger partial charge in [-0.3, -0.25) is 4.79 Å². The molecule has 0 saturated carbocycles. The van der Waals surface area contributed by atoms with Crippen LogP contribution in [0.5, 0.6) is 0 Å². The lowest BCUT2D eigenvalue weighted by Gasteiger charge is -2.30. The first-order valence-electron chi connectivity index (χ1n) is 5.99. The van der Waals surface area contributed by atoms with Crippen molar-refractivity contribution in [1.82, 2.24) is 4.90 Å². The minimum absolute atomic E-state index is 0.331. The lowest BCUT2D eigenvalue weighted by Crippen LogP contribution is -2.36. The Labute approximate surface area is 101 Å². The molecule has 0 amide bonds. The van der Waals surface area contributed by atoms with Gasteiger partial charge in [0.05, 0.1) is 0 Å². The normalized spacial score (nSPS) is 18.8. The molecule has 1 saturated heterocycles. The number of carbonyl (C=O) groups is 1. The van der Waals surface area contributed by atoms with Gasteiger partial charge in [-0.05, 0) is 61.7 Å². The van der Waals surface area contributed by atoms with E-state index in [1.807, 2.05) is 0 Å². The van der Waals surface area contributed by atoms with Gasteiger partial charge < -0.3 is 4.90 Å². The molecule has 0 unspecified atom stereocenters. The van der Waals surface area contributed by atoms with Crippen LogP contribution in [0.3, 0.4) is 0 Å². The van der Waals surface area contributed by atoms with Crippen molar-refractivity contribution in [3.63, 3.8) is 0 Å². The third-order valence-corrected chi connectivity index (χ3v) is 4.19. The molecule has 1 aliphatic heterocycles. The Morgan fingerprint density at radius 2 is 2.25 bits per heavy atom. The van der Waals surface area contributed by atoms with Gasteiger partial charge in [0.15, 0.2) is 0 Å². The topological polar surface area (TPSA) is 20.3 Å². The summed E-state index contributed by atoms with van der Waals surface area (Å²) in [6, 6.07) is 2.20. The van der Waals surface area contributed by atoms with Crippen molar-refractivity contribution in [3.8, 4) is 0 Å². The van der Waals surface area contributed by atoms with Crippen LogP contribution in [0.4, 0.5) is 0 Å². The number of likely N-dealkylation sites (tertiary alicyclic amines) is 1. The van der Waals surface area contributed by atoms with Crippen LogP contribution in [0.25, 0.3) is 0 Å². The van der Waals surface area contributed by atoms with E-state index in [1.54, 1.807) is 18.3 Å². The average Bonchev–Trinajstić information content (AvgIpc) is 2.80. The van der Waals surface area contributed by atoms with E-state index in [4.69, 9.17) is 0 Å². The van der Waals surface area contributed by atoms with Crippen LogP contribution in [0.2, 0.25) is 0 Å². The van der Waals surface area contributed by atoms with Crippen molar-refractivity contribution in [2.24, 2.45) is 5.92 Å². The highest BCUT2D eigenvalue weighted by atomic mass is 32.1. The molecule has 1 aromatic rings. The van der Waals surface area contributed by atoms with Crippen LogP contribution in [-0.4, -0.2) is 30.3 Å². The molecule has 0 aliphatic carbocycles. The maximum Gasteiger partial charge on any atom is 0.133 e. The third-order valence-electron chi connectivity index (χ3n) is 3.46. The fourth-order valence-corrected chi connectivity index (χ4v) is 2.99. The van der Waals surface area contributed by atoms with Crippen molar-refractivity contribution in [2.45, 2.75) is 26.2 Å².